The predicted molar refractivity (Wildman–Crippen MR) is 82.5 cm³/mol. The van der Waals surface area contributed by atoms with E-state index < -0.39 is 0 Å². The third kappa shape index (κ3) is 3.16. The fourth-order valence-corrected chi connectivity index (χ4v) is 3.89. The molecule has 2 aliphatic rings. The number of nitriles is 1. The Morgan fingerprint density at radius 1 is 1.25 bits per heavy atom. The minimum Gasteiger partial charge on any atom is -0.298 e. The lowest BCUT2D eigenvalue weighted by molar-refractivity contribution is 0.0338. The van der Waals surface area contributed by atoms with Crippen molar-refractivity contribution in [3.63, 3.8) is 0 Å². The van der Waals surface area contributed by atoms with E-state index in [-0.39, 0.29) is 5.54 Å². The number of hydrogen-bond donors (Lipinski definition) is 1. The highest BCUT2D eigenvalue weighted by atomic mass is 15.3. The van der Waals surface area contributed by atoms with Crippen molar-refractivity contribution in [2.75, 3.05) is 20.1 Å². The number of hydrogen-bond acceptors (Lipinski definition) is 4. The van der Waals surface area contributed by atoms with Crippen molar-refractivity contribution in [1.29, 1.82) is 5.26 Å². The summed E-state index contributed by atoms with van der Waals surface area (Å²) in [5, 5.41) is 13.1. The van der Waals surface area contributed by atoms with Crippen LogP contribution in [0.25, 0.3) is 0 Å². The monoisotopic (exact) mass is 278 g/mol. The van der Waals surface area contributed by atoms with Gasteiger partial charge in [0.15, 0.2) is 0 Å². The molecule has 0 spiro atoms. The maximum absolute atomic E-state index is 9.59. The molecule has 4 nitrogen and oxygen atoms in total. The summed E-state index contributed by atoms with van der Waals surface area (Å²) < 4.78 is 0. The average molecular weight is 278 g/mol. The molecular formula is C16H30N4. The van der Waals surface area contributed by atoms with E-state index in [0.717, 1.165) is 32.4 Å². The molecule has 4 unspecified atom stereocenters. The molecule has 1 aliphatic carbocycles. The molecule has 4 heteroatoms. The van der Waals surface area contributed by atoms with Crippen LogP contribution < -0.4 is 5.32 Å². The van der Waals surface area contributed by atoms with Gasteiger partial charge in [0.05, 0.1) is 6.07 Å². The maximum atomic E-state index is 9.59. The van der Waals surface area contributed by atoms with Gasteiger partial charge in [0, 0.05) is 37.3 Å². The summed E-state index contributed by atoms with van der Waals surface area (Å²) in [4.78, 5) is 5.09. The number of likely N-dealkylation sites (N-methyl/N-ethyl adjacent to an activating group) is 1. The zero-order valence-corrected chi connectivity index (χ0v) is 13.7. The van der Waals surface area contributed by atoms with E-state index in [1.54, 1.807) is 0 Å². The van der Waals surface area contributed by atoms with Crippen LogP contribution in [0, 0.1) is 11.3 Å². The van der Waals surface area contributed by atoms with Gasteiger partial charge in [0.25, 0.3) is 0 Å². The molecule has 1 N–H and O–H groups in total. The van der Waals surface area contributed by atoms with Crippen LogP contribution in [-0.2, 0) is 0 Å². The Bertz CT molecular complexity index is 363. The van der Waals surface area contributed by atoms with Gasteiger partial charge < -0.3 is 0 Å². The van der Waals surface area contributed by atoms with Crippen LogP contribution in [0.4, 0.5) is 0 Å². The molecule has 0 aromatic heterocycles. The third-order valence-corrected chi connectivity index (χ3v) is 5.17. The lowest BCUT2D eigenvalue weighted by atomic mass is 9.97. The quantitative estimate of drug-likeness (QED) is 0.855. The second-order valence-corrected chi connectivity index (χ2v) is 7.21. The predicted octanol–water partition coefficient (Wildman–Crippen LogP) is 1.82. The Labute approximate surface area is 124 Å². The second-order valence-electron chi connectivity index (χ2n) is 7.21. The molecule has 2 rings (SSSR count). The molecule has 114 valence electrons. The highest BCUT2D eigenvalue weighted by Gasteiger charge is 2.43. The summed E-state index contributed by atoms with van der Waals surface area (Å²) in [6.45, 7) is 11.1. The smallest absolute Gasteiger partial charge is 0.108 e. The minimum absolute atomic E-state index is 0.297. The van der Waals surface area contributed by atoms with Crippen LogP contribution in [-0.4, -0.2) is 59.6 Å². The van der Waals surface area contributed by atoms with E-state index in [2.05, 4.69) is 55.9 Å². The van der Waals surface area contributed by atoms with Crippen LogP contribution in [0.3, 0.4) is 0 Å². The largest absolute Gasteiger partial charge is 0.298 e. The van der Waals surface area contributed by atoms with Crippen LogP contribution in [0.15, 0.2) is 0 Å². The lowest BCUT2D eigenvalue weighted by Crippen LogP contribution is -2.57. The highest BCUT2D eigenvalue weighted by Crippen LogP contribution is 2.34. The van der Waals surface area contributed by atoms with Crippen molar-refractivity contribution in [3.05, 3.63) is 0 Å². The minimum atomic E-state index is -0.297. The van der Waals surface area contributed by atoms with Gasteiger partial charge in [-0.1, -0.05) is 0 Å². The summed E-state index contributed by atoms with van der Waals surface area (Å²) in [5.41, 5.74) is -0.297. The van der Waals surface area contributed by atoms with Crippen LogP contribution in [0.2, 0.25) is 0 Å². The molecule has 0 aromatic rings. The van der Waals surface area contributed by atoms with E-state index in [0.29, 0.717) is 24.2 Å². The van der Waals surface area contributed by atoms with Crippen molar-refractivity contribution in [1.82, 2.24) is 15.1 Å². The maximum Gasteiger partial charge on any atom is 0.108 e. The summed E-state index contributed by atoms with van der Waals surface area (Å²) >= 11 is 0. The van der Waals surface area contributed by atoms with E-state index in [1.165, 1.54) is 0 Å². The Kier molecular flexibility index (Phi) is 4.73. The molecule has 1 heterocycles. The first kappa shape index (κ1) is 15.8. The number of rotatable bonds is 3. The summed E-state index contributed by atoms with van der Waals surface area (Å²) in [6.07, 6.45) is 3.11. The molecule has 0 aromatic carbocycles. The SMILES string of the molecule is CC(C)NC1(C#N)CCC(N2CC(C)N(C)C(C)C2)C1. The molecule has 0 radical (unpaired) electrons. The van der Waals surface area contributed by atoms with Crippen LogP contribution >= 0.6 is 0 Å². The highest BCUT2D eigenvalue weighted by molar-refractivity contribution is 5.14. The van der Waals surface area contributed by atoms with E-state index in [9.17, 15) is 5.26 Å². The Balaban J connectivity index is 2.00. The van der Waals surface area contributed by atoms with Crippen molar-refractivity contribution in [2.45, 2.75) is 76.7 Å². The summed E-state index contributed by atoms with van der Waals surface area (Å²) in [6, 6.07) is 4.71. The van der Waals surface area contributed by atoms with Crippen LogP contribution in [0.1, 0.15) is 47.0 Å². The van der Waals surface area contributed by atoms with Gasteiger partial charge in [-0.15, -0.1) is 0 Å². The van der Waals surface area contributed by atoms with E-state index in [1.807, 2.05) is 0 Å². The molecule has 1 saturated carbocycles. The molecular weight excluding hydrogens is 248 g/mol. The van der Waals surface area contributed by atoms with Gasteiger partial charge >= 0.3 is 0 Å². The summed E-state index contributed by atoms with van der Waals surface area (Å²) in [7, 11) is 2.22. The van der Waals surface area contributed by atoms with Gasteiger partial charge in [-0.3, -0.25) is 15.1 Å². The molecule has 0 bridgehead atoms. The fourth-order valence-electron chi connectivity index (χ4n) is 3.89. The van der Waals surface area contributed by atoms with Crippen LogP contribution in [0.5, 0.6) is 0 Å². The van der Waals surface area contributed by atoms with E-state index in [4.69, 9.17) is 0 Å². The molecule has 20 heavy (non-hydrogen) atoms. The Morgan fingerprint density at radius 2 is 1.85 bits per heavy atom. The zero-order valence-electron chi connectivity index (χ0n) is 13.7. The fraction of sp³-hybridized carbons (Fsp3) is 0.938. The summed E-state index contributed by atoms with van der Waals surface area (Å²) in [5.74, 6) is 0. The Morgan fingerprint density at radius 3 is 2.35 bits per heavy atom. The molecule has 1 aliphatic heterocycles. The first-order valence-electron chi connectivity index (χ1n) is 8.02. The van der Waals surface area contributed by atoms with E-state index >= 15 is 0 Å². The zero-order chi connectivity index (χ0) is 14.9. The Hall–Kier alpha value is -0.630. The van der Waals surface area contributed by atoms with Gasteiger partial charge in [-0.05, 0) is 54.0 Å². The number of piperazine rings is 1. The number of nitrogens with zero attached hydrogens (tertiary/aromatic N) is 3. The average Bonchev–Trinajstić information content (AvgIpc) is 2.79. The number of nitrogens with one attached hydrogen (secondary N) is 1. The topological polar surface area (TPSA) is 42.3 Å². The van der Waals surface area contributed by atoms with Crippen molar-refractivity contribution < 1.29 is 0 Å². The van der Waals surface area contributed by atoms with Crippen molar-refractivity contribution in [3.8, 4) is 6.07 Å². The second kappa shape index (κ2) is 6.01. The van der Waals surface area contributed by atoms with Gasteiger partial charge in [0.1, 0.15) is 5.54 Å². The normalized spacial score (nSPS) is 40.1. The molecule has 2 fully saturated rings. The standard InChI is InChI=1S/C16H30N4/c1-12(2)18-16(11-17)7-6-15(8-16)20-9-13(3)19(5)14(4)10-20/h12-15,18H,6-10H2,1-5H3. The molecule has 0 amide bonds. The first-order chi connectivity index (χ1) is 9.37. The molecule has 1 saturated heterocycles. The first-order valence-corrected chi connectivity index (χ1v) is 8.02. The molecule has 4 atom stereocenters. The van der Waals surface area contributed by atoms with Gasteiger partial charge in [-0.25, -0.2) is 0 Å². The van der Waals surface area contributed by atoms with Gasteiger partial charge in [-0.2, -0.15) is 5.26 Å². The van der Waals surface area contributed by atoms with Crippen molar-refractivity contribution >= 4 is 0 Å². The lowest BCUT2D eigenvalue weighted by Gasteiger charge is -2.45. The van der Waals surface area contributed by atoms with Gasteiger partial charge in [0.2, 0.25) is 0 Å². The third-order valence-electron chi connectivity index (χ3n) is 5.17. The van der Waals surface area contributed by atoms with Crippen molar-refractivity contribution in [2.24, 2.45) is 0 Å².